The van der Waals surface area contributed by atoms with Gasteiger partial charge in [-0.15, -0.1) is 0 Å². The molecule has 7 heteroatoms. The predicted molar refractivity (Wildman–Crippen MR) is 100 cm³/mol. The fourth-order valence-electron chi connectivity index (χ4n) is 4.49. The summed E-state index contributed by atoms with van der Waals surface area (Å²) in [7, 11) is 0. The first-order valence-electron chi connectivity index (χ1n) is 9.30. The summed E-state index contributed by atoms with van der Waals surface area (Å²) >= 11 is 0. The van der Waals surface area contributed by atoms with Gasteiger partial charge in [-0.05, 0) is 12.1 Å². The molecule has 4 heterocycles. The number of para-hydroxylation sites is 1. The van der Waals surface area contributed by atoms with Crippen LogP contribution in [0.2, 0.25) is 0 Å². The Morgan fingerprint density at radius 1 is 0.679 bits per heavy atom. The molecule has 28 heavy (non-hydrogen) atoms. The smallest absolute Gasteiger partial charge is 0.340 e. The molecular formula is C21H17N3O4. The second-order valence-corrected chi connectivity index (χ2v) is 7.24. The summed E-state index contributed by atoms with van der Waals surface area (Å²) in [6.07, 6.45) is 2.75. The number of benzene rings is 2. The molecule has 0 spiro atoms. The molecule has 3 aromatic rings. The molecule has 0 saturated carbocycles. The molecule has 0 N–H and O–H groups in total. The zero-order chi connectivity index (χ0) is 18.8. The molecule has 4 aliphatic rings. The van der Waals surface area contributed by atoms with E-state index in [0.29, 0.717) is 5.69 Å². The van der Waals surface area contributed by atoms with Gasteiger partial charge in [-0.25, -0.2) is 23.5 Å². The molecule has 1 unspecified atom stereocenters. The van der Waals surface area contributed by atoms with Crippen molar-refractivity contribution in [3.05, 3.63) is 99.3 Å². The molecule has 2 bridgehead atoms. The van der Waals surface area contributed by atoms with E-state index in [1.165, 1.54) is 13.9 Å². The highest BCUT2D eigenvalue weighted by molar-refractivity contribution is 5.31. The van der Waals surface area contributed by atoms with E-state index in [0.717, 1.165) is 5.56 Å². The second-order valence-electron chi connectivity index (χ2n) is 7.24. The van der Waals surface area contributed by atoms with E-state index in [1.807, 2.05) is 48.6 Å². The molecule has 5 atom stereocenters. The Morgan fingerprint density at radius 3 is 1.71 bits per heavy atom. The average Bonchev–Trinajstić information content (AvgIpc) is 3.32. The summed E-state index contributed by atoms with van der Waals surface area (Å²) < 4.78 is 16.6. The quantitative estimate of drug-likeness (QED) is 0.642. The van der Waals surface area contributed by atoms with Crippen molar-refractivity contribution in [1.29, 1.82) is 0 Å². The van der Waals surface area contributed by atoms with Crippen LogP contribution in [-0.4, -0.2) is 26.1 Å². The van der Waals surface area contributed by atoms with Crippen LogP contribution in [0.15, 0.2) is 82.4 Å². The average molecular weight is 375 g/mol. The summed E-state index contributed by atoms with van der Waals surface area (Å²) in [5.41, 5.74) is 0.761. The fourth-order valence-corrected chi connectivity index (χ4v) is 4.49. The Kier molecular flexibility index (Phi) is 3.21. The molecule has 7 rings (SSSR count). The Labute approximate surface area is 159 Å². The molecule has 3 aliphatic heterocycles. The Bertz CT molecular complexity index is 1140. The van der Waals surface area contributed by atoms with E-state index in [-0.39, 0.29) is 35.7 Å². The number of aromatic nitrogens is 3. The maximum absolute atomic E-state index is 13.1. The zero-order valence-electron chi connectivity index (χ0n) is 14.8. The maximum Gasteiger partial charge on any atom is 0.352 e. The van der Waals surface area contributed by atoms with Gasteiger partial charge in [0, 0.05) is 5.56 Å². The molecular weight excluding hydrogens is 358 g/mol. The van der Waals surface area contributed by atoms with Gasteiger partial charge in [-0.1, -0.05) is 60.7 Å². The lowest BCUT2D eigenvalue weighted by Crippen LogP contribution is -2.53. The van der Waals surface area contributed by atoms with Gasteiger partial charge in [0.25, 0.3) is 0 Å². The van der Waals surface area contributed by atoms with E-state index < -0.39 is 6.29 Å². The molecule has 2 aromatic carbocycles. The molecule has 1 fully saturated rings. The van der Waals surface area contributed by atoms with Crippen LogP contribution in [0.4, 0.5) is 0 Å². The predicted octanol–water partition coefficient (Wildman–Crippen LogP) is 1.95. The van der Waals surface area contributed by atoms with Crippen molar-refractivity contribution >= 4 is 0 Å². The first-order chi connectivity index (χ1) is 13.7. The first kappa shape index (κ1) is 15.9. The van der Waals surface area contributed by atoms with Gasteiger partial charge in [-0.3, -0.25) is 0 Å². The van der Waals surface area contributed by atoms with Crippen molar-refractivity contribution in [2.75, 3.05) is 0 Å². The molecule has 1 saturated heterocycles. The molecule has 1 aliphatic carbocycles. The highest BCUT2D eigenvalue weighted by Gasteiger charge is 2.53. The normalized spacial score (nSPS) is 29.6. The van der Waals surface area contributed by atoms with Crippen LogP contribution < -0.4 is 11.4 Å². The first-order valence-corrected chi connectivity index (χ1v) is 9.30. The van der Waals surface area contributed by atoms with Gasteiger partial charge < -0.3 is 9.47 Å². The minimum atomic E-state index is -0.502. The number of hydrogen-bond acceptors (Lipinski definition) is 4. The number of nitrogens with zero attached hydrogens (tertiary/aromatic N) is 3. The highest BCUT2D eigenvalue weighted by atomic mass is 16.7. The summed E-state index contributed by atoms with van der Waals surface area (Å²) in [4.78, 5) is 26.3. The second kappa shape index (κ2) is 5.67. The van der Waals surface area contributed by atoms with Gasteiger partial charge in [0.1, 0.15) is 24.3 Å². The van der Waals surface area contributed by atoms with Crippen LogP contribution in [-0.2, 0) is 9.47 Å². The van der Waals surface area contributed by atoms with Crippen LogP contribution in [0.3, 0.4) is 0 Å². The summed E-state index contributed by atoms with van der Waals surface area (Å²) in [5, 5.41) is 0. The van der Waals surface area contributed by atoms with Crippen LogP contribution in [0.25, 0.3) is 5.69 Å². The minimum absolute atomic E-state index is 0.316. The van der Waals surface area contributed by atoms with Crippen LogP contribution >= 0.6 is 0 Å². The highest BCUT2D eigenvalue weighted by Crippen LogP contribution is 2.46. The van der Waals surface area contributed by atoms with E-state index in [1.54, 1.807) is 24.3 Å². The molecule has 0 radical (unpaired) electrons. The maximum atomic E-state index is 13.1. The van der Waals surface area contributed by atoms with Crippen LogP contribution in [0.1, 0.15) is 23.9 Å². The lowest BCUT2D eigenvalue weighted by atomic mass is 9.90. The Morgan fingerprint density at radius 2 is 1.18 bits per heavy atom. The van der Waals surface area contributed by atoms with Gasteiger partial charge in [0.15, 0.2) is 6.29 Å². The van der Waals surface area contributed by atoms with E-state index >= 15 is 0 Å². The summed E-state index contributed by atoms with van der Waals surface area (Å²) in [6, 6.07) is 17.9. The van der Waals surface area contributed by atoms with Crippen LogP contribution in [0, 0.1) is 0 Å². The van der Waals surface area contributed by atoms with E-state index in [4.69, 9.17) is 9.47 Å². The van der Waals surface area contributed by atoms with Crippen LogP contribution in [0.5, 0.6) is 0 Å². The standard InChI is InChI=1S/C21H17N3O4/c25-20-22(14-9-5-2-6-10-14)21(26)24-16-12-11-15(23(20)24)17-18(16)28-19(27-17)13-7-3-1-4-8-13/h1-12,15-19H/t15-,16+,17+,18-,19?. The van der Waals surface area contributed by atoms with Gasteiger partial charge >= 0.3 is 11.4 Å². The van der Waals surface area contributed by atoms with Crippen molar-refractivity contribution in [3.8, 4) is 5.69 Å². The Hall–Kier alpha value is -3.16. The van der Waals surface area contributed by atoms with Crippen molar-refractivity contribution in [1.82, 2.24) is 13.9 Å². The van der Waals surface area contributed by atoms with Gasteiger partial charge in [0.2, 0.25) is 0 Å². The van der Waals surface area contributed by atoms with Gasteiger partial charge in [-0.2, -0.15) is 0 Å². The monoisotopic (exact) mass is 375 g/mol. The molecule has 140 valence electrons. The SMILES string of the molecule is O=c1n(-c2ccccc2)c(=O)n2n1[C@@H]1C=C[C@H]2[C@H]2OC(c3ccccc3)O[C@H]21. The third-order valence-corrected chi connectivity index (χ3v) is 5.72. The van der Waals surface area contributed by atoms with Crippen molar-refractivity contribution in [2.24, 2.45) is 0 Å². The van der Waals surface area contributed by atoms with E-state index in [2.05, 4.69) is 0 Å². The van der Waals surface area contributed by atoms with Crippen molar-refractivity contribution in [3.63, 3.8) is 0 Å². The van der Waals surface area contributed by atoms with Gasteiger partial charge in [0.05, 0.1) is 5.69 Å². The lowest BCUT2D eigenvalue weighted by Gasteiger charge is -2.40. The number of ether oxygens (including phenoxy) is 2. The number of hydrogen-bond donors (Lipinski definition) is 0. The third-order valence-electron chi connectivity index (χ3n) is 5.72. The zero-order valence-corrected chi connectivity index (χ0v) is 14.8. The topological polar surface area (TPSA) is 67.4 Å². The molecule has 0 amide bonds. The third kappa shape index (κ3) is 2.00. The van der Waals surface area contributed by atoms with Crippen molar-refractivity contribution < 1.29 is 9.47 Å². The molecule has 1 aromatic heterocycles. The minimum Gasteiger partial charge on any atom is -0.340 e. The Balaban J connectivity index is 1.46. The lowest BCUT2D eigenvalue weighted by molar-refractivity contribution is -0.0709. The van der Waals surface area contributed by atoms with E-state index in [9.17, 15) is 9.59 Å². The summed E-state index contributed by atoms with van der Waals surface area (Å²) in [5.74, 6) is 0. The summed E-state index contributed by atoms with van der Waals surface area (Å²) in [6.45, 7) is 0. The van der Waals surface area contributed by atoms with Crippen molar-refractivity contribution in [2.45, 2.75) is 30.6 Å². The molecule has 7 nitrogen and oxygen atoms in total. The fraction of sp³-hybridized carbons (Fsp3) is 0.238. The largest absolute Gasteiger partial charge is 0.352 e. The number of rotatable bonds is 2.